The number of carbonyl (C=O) groups excluding carboxylic acids is 3. The maximum absolute atomic E-state index is 12.8. The van der Waals surface area contributed by atoms with Crippen LogP contribution >= 0.6 is 0 Å². The molecule has 0 spiro atoms. The minimum atomic E-state index is -0.930. The van der Waals surface area contributed by atoms with E-state index >= 15 is 0 Å². The van der Waals surface area contributed by atoms with E-state index in [2.05, 4.69) is 5.32 Å². The minimum Gasteiger partial charge on any atom is -0.350 e. The van der Waals surface area contributed by atoms with E-state index in [1.165, 1.54) is 4.90 Å². The number of ketones is 1. The van der Waals surface area contributed by atoms with Gasteiger partial charge >= 0.3 is 0 Å². The molecule has 2 fully saturated rings. The van der Waals surface area contributed by atoms with Crippen LogP contribution in [0.5, 0.6) is 0 Å². The van der Waals surface area contributed by atoms with Crippen molar-refractivity contribution in [2.45, 2.75) is 13.0 Å². The molecule has 132 valence electrons. The summed E-state index contributed by atoms with van der Waals surface area (Å²) in [4.78, 5) is 39.4. The van der Waals surface area contributed by atoms with Gasteiger partial charge in [-0.05, 0) is 17.9 Å². The summed E-state index contributed by atoms with van der Waals surface area (Å²) in [7, 11) is 0. The second kappa shape index (κ2) is 6.41. The largest absolute Gasteiger partial charge is 0.350 e. The zero-order valence-corrected chi connectivity index (χ0v) is 14.4. The third kappa shape index (κ3) is 2.79. The molecule has 2 aromatic carbocycles. The van der Waals surface area contributed by atoms with Crippen molar-refractivity contribution >= 4 is 17.6 Å². The lowest BCUT2D eigenvalue weighted by Crippen LogP contribution is -2.42. The van der Waals surface area contributed by atoms with E-state index in [1.54, 1.807) is 24.3 Å². The summed E-state index contributed by atoms with van der Waals surface area (Å²) in [5, 5.41) is 2.83. The van der Waals surface area contributed by atoms with E-state index in [-0.39, 0.29) is 30.1 Å². The van der Waals surface area contributed by atoms with Crippen LogP contribution in [0.1, 0.15) is 22.3 Å². The first-order valence-corrected chi connectivity index (χ1v) is 8.81. The van der Waals surface area contributed by atoms with Crippen LogP contribution < -0.4 is 5.32 Å². The van der Waals surface area contributed by atoms with Gasteiger partial charge in [0.25, 0.3) is 0 Å². The number of rotatable bonds is 6. The molecule has 2 aliphatic rings. The number of hydrogen-bond donors (Lipinski definition) is 1. The van der Waals surface area contributed by atoms with Crippen LogP contribution in [-0.2, 0) is 16.1 Å². The standard InChI is InChI=1S/C21H20N2O3/c24-18(22-12-15-7-3-1-4-8-15)14-23-13-17-11-21(17,20(23)26)19(25)16-9-5-2-6-10-16/h1-10,17H,11-14H2,(H,22,24). The molecular formula is C21H20N2O3. The number of likely N-dealkylation sites (tertiary alicyclic amines) is 1. The van der Waals surface area contributed by atoms with E-state index in [0.29, 0.717) is 25.1 Å². The molecule has 1 aliphatic heterocycles. The first kappa shape index (κ1) is 16.5. The van der Waals surface area contributed by atoms with E-state index in [4.69, 9.17) is 0 Å². The van der Waals surface area contributed by atoms with Crippen LogP contribution in [0, 0.1) is 11.3 Å². The Balaban J connectivity index is 1.38. The van der Waals surface area contributed by atoms with Gasteiger partial charge in [-0.15, -0.1) is 0 Å². The van der Waals surface area contributed by atoms with Gasteiger partial charge in [0.15, 0.2) is 5.78 Å². The van der Waals surface area contributed by atoms with Gasteiger partial charge in [0.1, 0.15) is 5.41 Å². The van der Waals surface area contributed by atoms with Crippen LogP contribution in [0.15, 0.2) is 60.7 Å². The number of carbonyl (C=O) groups is 3. The van der Waals surface area contributed by atoms with E-state index < -0.39 is 5.41 Å². The average molecular weight is 348 g/mol. The number of Topliss-reactive ketones (excluding diaryl/α,β-unsaturated/α-hetero) is 1. The number of amides is 2. The molecule has 1 saturated heterocycles. The number of nitrogens with zero attached hydrogens (tertiary/aromatic N) is 1. The quantitative estimate of drug-likeness (QED) is 0.642. The maximum atomic E-state index is 12.8. The first-order chi connectivity index (χ1) is 12.6. The Morgan fingerprint density at radius 3 is 2.38 bits per heavy atom. The van der Waals surface area contributed by atoms with Gasteiger partial charge in [-0.25, -0.2) is 0 Å². The van der Waals surface area contributed by atoms with Crippen LogP contribution in [0.2, 0.25) is 0 Å². The zero-order valence-electron chi connectivity index (χ0n) is 14.4. The van der Waals surface area contributed by atoms with Crippen molar-refractivity contribution in [2.24, 2.45) is 11.3 Å². The van der Waals surface area contributed by atoms with Crippen molar-refractivity contribution in [2.75, 3.05) is 13.1 Å². The fourth-order valence-electron chi connectivity index (χ4n) is 3.83. The second-order valence-corrected chi connectivity index (χ2v) is 7.02. The smallest absolute Gasteiger partial charge is 0.239 e. The Labute approximate surface area is 152 Å². The number of hydrogen-bond acceptors (Lipinski definition) is 3. The lowest BCUT2D eigenvalue weighted by molar-refractivity contribution is -0.136. The first-order valence-electron chi connectivity index (χ1n) is 8.81. The summed E-state index contributed by atoms with van der Waals surface area (Å²) in [6, 6.07) is 18.6. The van der Waals surface area contributed by atoms with Gasteiger partial charge in [-0.3, -0.25) is 14.4 Å². The van der Waals surface area contributed by atoms with Gasteiger partial charge in [0.05, 0.1) is 6.54 Å². The molecular weight excluding hydrogens is 328 g/mol. The molecule has 4 rings (SSSR count). The van der Waals surface area contributed by atoms with Crippen molar-refractivity contribution < 1.29 is 14.4 Å². The predicted molar refractivity (Wildman–Crippen MR) is 96.2 cm³/mol. The van der Waals surface area contributed by atoms with Crippen LogP contribution in [0.25, 0.3) is 0 Å². The highest BCUT2D eigenvalue weighted by Gasteiger charge is 2.70. The van der Waals surface area contributed by atoms with E-state index in [9.17, 15) is 14.4 Å². The fourth-order valence-corrected chi connectivity index (χ4v) is 3.83. The molecule has 0 bridgehead atoms. The molecule has 5 nitrogen and oxygen atoms in total. The highest BCUT2D eigenvalue weighted by atomic mass is 16.2. The third-order valence-electron chi connectivity index (χ3n) is 5.32. The summed E-state index contributed by atoms with van der Waals surface area (Å²) < 4.78 is 0. The summed E-state index contributed by atoms with van der Waals surface area (Å²) >= 11 is 0. The molecule has 1 aliphatic carbocycles. The molecule has 1 N–H and O–H groups in total. The maximum Gasteiger partial charge on any atom is 0.239 e. The summed E-state index contributed by atoms with van der Waals surface area (Å²) in [6.07, 6.45) is 0.599. The molecule has 2 aromatic rings. The molecule has 0 aromatic heterocycles. The van der Waals surface area contributed by atoms with Gasteiger partial charge in [-0.1, -0.05) is 60.7 Å². The Morgan fingerprint density at radius 1 is 1.04 bits per heavy atom. The molecule has 2 atom stereocenters. The monoisotopic (exact) mass is 348 g/mol. The van der Waals surface area contributed by atoms with Gasteiger partial charge in [0, 0.05) is 18.7 Å². The molecule has 5 heteroatoms. The van der Waals surface area contributed by atoms with Crippen molar-refractivity contribution in [3.05, 3.63) is 71.8 Å². The SMILES string of the molecule is O=C(CN1CC2CC2(C(=O)c2ccccc2)C1=O)NCc1ccccc1. The van der Waals surface area contributed by atoms with Crippen LogP contribution in [0.3, 0.4) is 0 Å². The Hall–Kier alpha value is -2.95. The topological polar surface area (TPSA) is 66.5 Å². The Bertz CT molecular complexity index is 850. The number of fused-ring (bicyclic) bond motifs is 1. The predicted octanol–water partition coefficient (Wildman–Crippen LogP) is 2.03. The molecule has 1 heterocycles. The number of benzene rings is 2. The van der Waals surface area contributed by atoms with Crippen molar-refractivity contribution in [1.29, 1.82) is 0 Å². The minimum absolute atomic E-state index is 0.00594. The normalized spacial score (nSPS) is 23.5. The Morgan fingerprint density at radius 2 is 1.69 bits per heavy atom. The summed E-state index contributed by atoms with van der Waals surface area (Å²) in [6.45, 7) is 0.918. The summed E-state index contributed by atoms with van der Waals surface area (Å²) in [5.41, 5.74) is 0.645. The van der Waals surface area contributed by atoms with Crippen LogP contribution in [-0.4, -0.2) is 35.6 Å². The van der Waals surface area contributed by atoms with Gasteiger partial charge in [0.2, 0.25) is 11.8 Å². The van der Waals surface area contributed by atoms with Crippen molar-refractivity contribution in [3.8, 4) is 0 Å². The molecule has 0 radical (unpaired) electrons. The lowest BCUT2D eigenvalue weighted by Gasteiger charge is -2.20. The molecule has 1 saturated carbocycles. The lowest BCUT2D eigenvalue weighted by atomic mass is 9.93. The molecule has 2 amide bonds. The highest BCUT2D eigenvalue weighted by Crippen LogP contribution is 2.60. The Kier molecular flexibility index (Phi) is 4.07. The van der Waals surface area contributed by atoms with Crippen molar-refractivity contribution in [1.82, 2.24) is 10.2 Å². The number of piperidine rings is 1. The number of nitrogens with one attached hydrogen (secondary N) is 1. The molecule has 2 unspecified atom stereocenters. The van der Waals surface area contributed by atoms with Gasteiger partial charge in [-0.2, -0.15) is 0 Å². The summed E-state index contributed by atoms with van der Waals surface area (Å²) in [5.74, 6) is -0.484. The van der Waals surface area contributed by atoms with E-state index in [0.717, 1.165) is 5.56 Å². The van der Waals surface area contributed by atoms with Crippen LogP contribution in [0.4, 0.5) is 0 Å². The molecule has 26 heavy (non-hydrogen) atoms. The fraction of sp³-hybridized carbons (Fsp3) is 0.286. The zero-order chi connectivity index (χ0) is 18.1. The van der Waals surface area contributed by atoms with Gasteiger partial charge < -0.3 is 10.2 Å². The van der Waals surface area contributed by atoms with Crippen molar-refractivity contribution in [3.63, 3.8) is 0 Å². The average Bonchev–Trinajstić information content (AvgIpc) is 3.34. The third-order valence-corrected chi connectivity index (χ3v) is 5.32. The highest BCUT2D eigenvalue weighted by molar-refractivity contribution is 6.18. The second-order valence-electron chi connectivity index (χ2n) is 7.02. The van der Waals surface area contributed by atoms with E-state index in [1.807, 2.05) is 36.4 Å².